The minimum absolute atomic E-state index is 0.671. The first-order chi connectivity index (χ1) is 9.49. The Bertz CT molecular complexity index is 479. The topological polar surface area (TPSA) is 47.6 Å². The summed E-state index contributed by atoms with van der Waals surface area (Å²) in [4.78, 5) is 0. The number of nitriles is 2. The fraction of sp³-hybridized carbons (Fsp3) is 0.778. The van der Waals surface area contributed by atoms with Crippen molar-refractivity contribution in [3.8, 4) is 12.1 Å². The van der Waals surface area contributed by atoms with Crippen molar-refractivity contribution in [3.05, 3.63) is 0 Å². The zero-order chi connectivity index (χ0) is 18.2. The summed E-state index contributed by atoms with van der Waals surface area (Å²) in [5.74, 6) is -31.0. The van der Waals surface area contributed by atoms with Crippen LogP contribution in [0.25, 0.3) is 0 Å². The third-order valence-electron chi connectivity index (χ3n) is 2.38. The SMILES string of the molecule is N#CC(C#N)CC(F)(F)C(F)(F)C(F)(F)C(F)(F)C(F)(F)F. The molecule has 0 aliphatic rings. The molecule has 0 unspecified atom stereocenters. The summed E-state index contributed by atoms with van der Waals surface area (Å²) in [6, 6.07) is 1.34. The Labute approximate surface area is 114 Å². The highest BCUT2D eigenvalue weighted by molar-refractivity contribution is 5.10. The summed E-state index contributed by atoms with van der Waals surface area (Å²) in [5, 5.41) is 16.2. The lowest BCUT2D eigenvalue weighted by atomic mass is 9.92. The van der Waals surface area contributed by atoms with Crippen molar-refractivity contribution in [2.45, 2.75) is 36.3 Å². The van der Waals surface area contributed by atoms with Crippen LogP contribution in [-0.2, 0) is 0 Å². The molecular formula is C9H3F11N2. The number of hydrogen-bond donors (Lipinski definition) is 0. The van der Waals surface area contributed by atoms with E-state index >= 15 is 0 Å². The monoisotopic (exact) mass is 348 g/mol. The van der Waals surface area contributed by atoms with Gasteiger partial charge >= 0.3 is 29.9 Å². The van der Waals surface area contributed by atoms with Gasteiger partial charge in [-0.3, -0.25) is 0 Å². The van der Waals surface area contributed by atoms with E-state index in [1.165, 1.54) is 0 Å². The van der Waals surface area contributed by atoms with Crippen molar-refractivity contribution < 1.29 is 48.3 Å². The molecule has 0 saturated heterocycles. The van der Waals surface area contributed by atoms with Gasteiger partial charge in [0.15, 0.2) is 0 Å². The molecule has 0 amide bonds. The van der Waals surface area contributed by atoms with E-state index in [2.05, 4.69) is 0 Å². The highest BCUT2D eigenvalue weighted by Gasteiger charge is 2.87. The lowest BCUT2D eigenvalue weighted by molar-refractivity contribution is -0.422. The third-order valence-corrected chi connectivity index (χ3v) is 2.38. The Morgan fingerprint density at radius 2 is 1.00 bits per heavy atom. The molecule has 126 valence electrons. The maximum atomic E-state index is 13.0. The first-order valence-electron chi connectivity index (χ1n) is 4.87. The van der Waals surface area contributed by atoms with Crippen LogP contribution in [0.4, 0.5) is 48.3 Å². The normalized spacial score (nSPS) is 14.6. The Morgan fingerprint density at radius 3 is 1.27 bits per heavy atom. The lowest BCUT2D eigenvalue weighted by Crippen LogP contribution is -2.66. The molecule has 2 nitrogen and oxygen atoms in total. The number of hydrogen-bond acceptors (Lipinski definition) is 2. The molecule has 0 aromatic carbocycles. The lowest BCUT2D eigenvalue weighted by Gasteiger charge is -2.37. The van der Waals surface area contributed by atoms with Crippen LogP contribution in [0.1, 0.15) is 6.42 Å². The standard InChI is InChI=1S/C9H3F11N2/c10-5(11,1-4(2-21)3-22)6(12,13)7(14,15)8(16,17)9(18,19)20/h4H,1H2. The molecule has 0 N–H and O–H groups in total. The number of alkyl halides is 11. The van der Waals surface area contributed by atoms with Crippen LogP contribution in [0.15, 0.2) is 0 Å². The van der Waals surface area contributed by atoms with Gasteiger partial charge in [0.1, 0.15) is 5.92 Å². The van der Waals surface area contributed by atoms with Crippen molar-refractivity contribution in [2.75, 3.05) is 0 Å². The third kappa shape index (κ3) is 2.89. The van der Waals surface area contributed by atoms with E-state index in [4.69, 9.17) is 10.5 Å². The predicted octanol–water partition coefficient (Wildman–Crippen LogP) is 4.14. The Hall–Kier alpha value is -1.79. The highest BCUT2D eigenvalue weighted by atomic mass is 19.4. The minimum atomic E-state index is -7.52. The molecule has 0 aliphatic heterocycles. The molecule has 0 radical (unpaired) electrons. The number of nitrogens with zero attached hydrogens (tertiary/aromatic N) is 2. The second kappa shape index (κ2) is 5.44. The van der Waals surface area contributed by atoms with Gasteiger partial charge < -0.3 is 0 Å². The predicted molar refractivity (Wildman–Crippen MR) is 45.2 cm³/mol. The van der Waals surface area contributed by atoms with E-state index in [9.17, 15) is 48.3 Å². The molecule has 0 heterocycles. The fourth-order valence-electron chi connectivity index (χ4n) is 1.11. The van der Waals surface area contributed by atoms with Crippen LogP contribution in [0.3, 0.4) is 0 Å². The molecule has 0 fully saturated rings. The van der Waals surface area contributed by atoms with E-state index in [1.807, 2.05) is 0 Å². The molecule has 0 bridgehead atoms. The van der Waals surface area contributed by atoms with Crippen LogP contribution in [-0.4, -0.2) is 29.9 Å². The number of halogens is 11. The van der Waals surface area contributed by atoms with Gasteiger partial charge in [0.2, 0.25) is 0 Å². The molecule has 0 aromatic heterocycles. The summed E-state index contributed by atoms with van der Waals surface area (Å²) in [6.07, 6.45) is -9.89. The van der Waals surface area contributed by atoms with E-state index < -0.39 is 42.2 Å². The first kappa shape index (κ1) is 20.2. The number of rotatable bonds is 5. The average Bonchev–Trinajstić information content (AvgIpc) is 2.33. The minimum Gasteiger partial charge on any atom is -0.200 e. The van der Waals surface area contributed by atoms with E-state index in [1.54, 1.807) is 0 Å². The summed E-state index contributed by atoms with van der Waals surface area (Å²) >= 11 is 0. The van der Waals surface area contributed by atoms with Gasteiger partial charge in [-0.25, -0.2) is 0 Å². The van der Waals surface area contributed by atoms with Crippen LogP contribution >= 0.6 is 0 Å². The van der Waals surface area contributed by atoms with Gasteiger partial charge in [-0.15, -0.1) is 0 Å². The van der Waals surface area contributed by atoms with E-state index in [0.717, 1.165) is 0 Å². The molecule has 0 saturated carbocycles. The average molecular weight is 348 g/mol. The highest BCUT2D eigenvalue weighted by Crippen LogP contribution is 2.58. The van der Waals surface area contributed by atoms with E-state index in [-0.39, 0.29) is 0 Å². The second-order valence-electron chi connectivity index (χ2n) is 3.94. The Kier molecular flexibility index (Phi) is 5.00. The second-order valence-corrected chi connectivity index (χ2v) is 3.94. The largest absolute Gasteiger partial charge is 0.460 e. The summed E-state index contributed by atoms with van der Waals surface area (Å²) in [7, 11) is 0. The van der Waals surface area contributed by atoms with Gasteiger partial charge in [0.25, 0.3) is 0 Å². The van der Waals surface area contributed by atoms with Gasteiger partial charge in [-0.2, -0.15) is 58.8 Å². The van der Waals surface area contributed by atoms with Gasteiger partial charge in [-0.1, -0.05) is 0 Å². The smallest absolute Gasteiger partial charge is 0.200 e. The van der Waals surface area contributed by atoms with Crippen molar-refractivity contribution >= 4 is 0 Å². The summed E-state index contributed by atoms with van der Waals surface area (Å²) in [6.45, 7) is 0. The molecule has 0 rings (SSSR count). The fourth-order valence-corrected chi connectivity index (χ4v) is 1.11. The van der Waals surface area contributed by atoms with Crippen molar-refractivity contribution in [1.82, 2.24) is 0 Å². The van der Waals surface area contributed by atoms with E-state index in [0.29, 0.717) is 12.1 Å². The molecule has 0 aliphatic carbocycles. The Balaban J connectivity index is 5.91. The summed E-state index contributed by atoms with van der Waals surface area (Å²) < 4.78 is 137. The molecule has 0 atom stereocenters. The van der Waals surface area contributed by atoms with Crippen molar-refractivity contribution in [2.24, 2.45) is 5.92 Å². The Morgan fingerprint density at radius 1 is 0.636 bits per heavy atom. The van der Waals surface area contributed by atoms with Crippen LogP contribution in [0.2, 0.25) is 0 Å². The molecule has 22 heavy (non-hydrogen) atoms. The van der Waals surface area contributed by atoms with Crippen LogP contribution < -0.4 is 0 Å². The molecule has 13 heteroatoms. The van der Waals surface area contributed by atoms with Gasteiger partial charge in [-0.05, 0) is 0 Å². The maximum Gasteiger partial charge on any atom is 0.460 e. The van der Waals surface area contributed by atoms with Crippen LogP contribution in [0.5, 0.6) is 0 Å². The van der Waals surface area contributed by atoms with Crippen LogP contribution in [0, 0.1) is 28.6 Å². The van der Waals surface area contributed by atoms with Crippen molar-refractivity contribution in [1.29, 1.82) is 10.5 Å². The molecular weight excluding hydrogens is 345 g/mol. The maximum absolute atomic E-state index is 13.0. The molecule has 0 spiro atoms. The zero-order valence-electron chi connectivity index (χ0n) is 9.84. The quantitative estimate of drug-likeness (QED) is 0.701. The van der Waals surface area contributed by atoms with Gasteiger partial charge in [0.05, 0.1) is 12.1 Å². The van der Waals surface area contributed by atoms with Crippen molar-refractivity contribution in [3.63, 3.8) is 0 Å². The molecule has 0 aromatic rings. The first-order valence-corrected chi connectivity index (χ1v) is 4.87. The van der Waals surface area contributed by atoms with Gasteiger partial charge in [0, 0.05) is 6.42 Å². The summed E-state index contributed by atoms with van der Waals surface area (Å²) in [5.41, 5.74) is 0. The zero-order valence-corrected chi connectivity index (χ0v) is 9.84.